The van der Waals surface area contributed by atoms with Gasteiger partial charge < -0.3 is 15.4 Å². The van der Waals surface area contributed by atoms with Gasteiger partial charge >= 0.3 is 0 Å². The highest BCUT2D eigenvalue weighted by Gasteiger charge is 2.26. The lowest BCUT2D eigenvalue weighted by Crippen LogP contribution is -2.28. The Labute approximate surface area is 175 Å². The molecule has 0 radical (unpaired) electrons. The Kier molecular flexibility index (Phi) is 6.19. The predicted molar refractivity (Wildman–Crippen MR) is 115 cm³/mol. The number of imidazole rings is 1. The second-order valence-corrected chi connectivity index (χ2v) is 7.33. The van der Waals surface area contributed by atoms with Crippen LogP contribution in [0.5, 0.6) is 0 Å². The SMILES string of the molecule is CCn1c(-c2cccc(F)c2)nc2c(N)nc(/C=C/C3(O)CCCCC3)nc21.Cl. The number of fused-ring (bicyclic) bond motifs is 1. The highest BCUT2D eigenvalue weighted by atomic mass is 35.5. The second-order valence-electron chi connectivity index (χ2n) is 7.33. The van der Waals surface area contributed by atoms with Crippen molar-refractivity contribution in [2.24, 2.45) is 0 Å². The van der Waals surface area contributed by atoms with Gasteiger partial charge in [-0.1, -0.05) is 31.4 Å². The van der Waals surface area contributed by atoms with Crippen molar-refractivity contribution in [1.82, 2.24) is 19.5 Å². The van der Waals surface area contributed by atoms with Gasteiger partial charge in [0.15, 0.2) is 22.8 Å². The molecule has 3 N–H and O–H groups in total. The Bertz CT molecular complexity index is 1040. The zero-order valence-corrected chi connectivity index (χ0v) is 17.1. The van der Waals surface area contributed by atoms with Gasteiger partial charge in [0.05, 0.1) is 5.60 Å². The van der Waals surface area contributed by atoms with E-state index in [4.69, 9.17) is 5.73 Å². The fourth-order valence-electron chi connectivity index (χ4n) is 3.82. The molecule has 1 aliphatic carbocycles. The van der Waals surface area contributed by atoms with Crippen molar-refractivity contribution >= 4 is 35.5 Å². The van der Waals surface area contributed by atoms with E-state index in [0.29, 0.717) is 34.9 Å². The van der Waals surface area contributed by atoms with Crippen molar-refractivity contribution in [1.29, 1.82) is 0 Å². The molecule has 2 aromatic heterocycles. The van der Waals surface area contributed by atoms with E-state index in [2.05, 4.69) is 15.0 Å². The van der Waals surface area contributed by atoms with Crippen LogP contribution in [0.2, 0.25) is 0 Å². The lowest BCUT2D eigenvalue weighted by Gasteiger charge is -2.28. The first-order valence-corrected chi connectivity index (χ1v) is 9.70. The third kappa shape index (κ3) is 4.26. The van der Waals surface area contributed by atoms with Crippen molar-refractivity contribution in [3.63, 3.8) is 0 Å². The maximum Gasteiger partial charge on any atom is 0.166 e. The Morgan fingerprint density at radius 2 is 1.97 bits per heavy atom. The van der Waals surface area contributed by atoms with Gasteiger partial charge in [-0.2, -0.15) is 0 Å². The lowest BCUT2D eigenvalue weighted by molar-refractivity contribution is 0.0521. The number of halogens is 2. The van der Waals surface area contributed by atoms with Crippen LogP contribution in [0.25, 0.3) is 28.6 Å². The normalized spacial score (nSPS) is 16.2. The molecule has 0 unspecified atom stereocenters. The quantitative estimate of drug-likeness (QED) is 0.658. The summed E-state index contributed by atoms with van der Waals surface area (Å²) in [4.78, 5) is 13.5. The van der Waals surface area contributed by atoms with Crippen LogP contribution in [0.4, 0.5) is 10.2 Å². The molecule has 3 aromatic rings. The molecule has 1 saturated carbocycles. The molecule has 6 nitrogen and oxygen atoms in total. The van der Waals surface area contributed by atoms with E-state index in [1.54, 1.807) is 24.3 Å². The van der Waals surface area contributed by atoms with Crippen molar-refractivity contribution in [3.05, 3.63) is 42.0 Å². The number of nitrogens with two attached hydrogens (primary N) is 1. The minimum absolute atomic E-state index is 0. The smallest absolute Gasteiger partial charge is 0.166 e. The van der Waals surface area contributed by atoms with Gasteiger partial charge in [-0.25, -0.2) is 19.3 Å². The van der Waals surface area contributed by atoms with E-state index in [1.807, 2.05) is 11.5 Å². The molecule has 1 aliphatic rings. The predicted octanol–water partition coefficient (Wildman–Crippen LogP) is 4.36. The summed E-state index contributed by atoms with van der Waals surface area (Å²) >= 11 is 0. The van der Waals surface area contributed by atoms with Crippen molar-refractivity contribution < 1.29 is 9.50 Å². The summed E-state index contributed by atoms with van der Waals surface area (Å²) in [5, 5.41) is 10.7. The van der Waals surface area contributed by atoms with Crippen molar-refractivity contribution in [2.45, 2.75) is 51.2 Å². The van der Waals surface area contributed by atoms with E-state index in [1.165, 1.54) is 12.1 Å². The molecule has 0 aliphatic heterocycles. The number of anilines is 1. The largest absolute Gasteiger partial charge is 0.386 e. The van der Waals surface area contributed by atoms with Crippen LogP contribution < -0.4 is 5.73 Å². The molecule has 154 valence electrons. The van der Waals surface area contributed by atoms with Gasteiger partial charge in [0, 0.05) is 12.1 Å². The van der Waals surface area contributed by atoms with Gasteiger partial charge in [0.1, 0.15) is 11.6 Å². The van der Waals surface area contributed by atoms with E-state index in [9.17, 15) is 9.50 Å². The molecule has 0 amide bonds. The van der Waals surface area contributed by atoms with Crippen LogP contribution in [0.1, 0.15) is 44.9 Å². The van der Waals surface area contributed by atoms with Crippen LogP contribution in [-0.2, 0) is 6.54 Å². The van der Waals surface area contributed by atoms with E-state index in [-0.39, 0.29) is 24.0 Å². The lowest BCUT2D eigenvalue weighted by atomic mass is 9.84. The number of hydrogen-bond acceptors (Lipinski definition) is 5. The zero-order chi connectivity index (χ0) is 19.7. The van der Waals surface area contributed by atoms with E-state index >= 15 is 0 Å². The summed E-state index contributed by atoms with van der Waals surface area (Å²) in [6.07, 6.45) is 8.20. The van der Waals surface area contributed by atoms with Gasteiger partial charge in [-0.3, -0.25) is 0 Å². The maximum atomic E-state index is 13.7. The number of aliphatic hydroxyl groups is 1. The Morgan fingerprint density at radius 3 is 2.66 bits per heavy atom. The first kappa shape index (κ1) is 21.2. The van der Waals surface area contributed by atoms with Crippen LogP contribution in [0.3, 0.4) is 0 Å². The fraction of sp³-hybridized carbons (Fsp3) is 0.381. The fourth-order valence-corrected chi connectivity index (χ4v) is 3.82. The number of aryl methyl sites for hydroxylation is 1. The average Bonchev–Trinajstić information content (AvgIpc) is 3.06. The molecule has 29 heavy (non-hydrogen) atoms. The third-order valence-electron chi connectivity index (χ3n) is 5.30. The van der Waals surface area contributed by atoms with Crippen LogP contribution in [-0.4, -0.2) is 30.2 Å². The topological polar surface area (TPSA) is 89.9 Å². The van der Waals surface area contributed by atoms with Crippen LogP contribution >= 0.6 is 12.4 Å². The Balaban J connectivity index is 0.00000240. The molecule has 4 rings (SSSR count). The van der Waals surface area contributed by atoms with Crippen molar-refractivity contribution in [3.8, 4) is 11.4 Å². The molecular weight excluding hydrogens is 393 g/mol. The molecule has 0 spiro atoms. The first-order valence-electron chi connectivity index (χ1n) is 9.70. The molecule has 0 atom stereocenters. The van der Waals surface area contributed by atoms with Crippen LogP contribution in [0.15, 0.2) is 30.3 Å². The Hall–Kier alpha value is -2.51. The summed E-state index contributed by atoms with van der Waals surface area (Å²) in [5.74, 6) is 0.982. The van der Waals surface area contributed by atoms with E-state index < -0.39 is 5.60 Å². The molecule has 0 saturated heterocycles. The molecule has 2 heterocycles. The van der Waals surface area contributed by atoms with Gasteiger partial charge in [-0.05, 0) is 44.1 Å². The summed E-state index contributed by atoms with van der Waals surface area (Å²) in [7, 11) is 0. The number of hydrogen-bond donors (Lipinski definition) is 2. The first-order chi connectivity index (χ1) is 13.5. The number of rotatable bonds is 4. The number of aromatic nitrogens is 4. The standard InChI is InChI=1S/C21H24FN5O.ClH/c1-2-27-19(14-7-6-8-15(22)13-14)26-17-18(23)24-16(25-20(17)27)9-12-21(28)10-4-3-5-11-21;/h6-9,12-13,28H,2-5,10-11H2,1H3,(H2,23,24,25);1H/b12-9+;. The van der Waals surface area contributed by atoms with Gasteiger partial charge in [0.2, 0.25) is 0 Å². The number of nitrogens with zero attached hydrogens (tertiary/aromatic N) is 4. The van der Waals surface area contributed by atoms with Crippen LogP contribution in [0, 0.1) is 5.82 Å². The summed E-state index contributed by atoms with van der Waals surface area (Å²) in [5.41, 5.74) is 7.10. The van der Waals surface area contributed by atoms with Crippen molar-refractivity contribution in [2.75, 3.05) is 5.73 Å². The van der Waals surface area contributed by atoms with E-state index in [0.717, 1.165) is 32.1 Å². The molecular formula is C21H25ClFN5O. The summed E-state index contributed by atoms with van der Waals surface area (Å²) in [6.45, 7) is 2.58. The third-order valence-corrected chi connectivity index (χ3v) is 5.30. The highest BCUT2D eigenvalue weighted by molar-refractivity contribution is 5.86. The van der Waals surface area contributed by atoms with Gasteiger partial charge in [-0.15, -0.1) is 12.4 Å². The highest BCUT2D eigenvalue weighted by Crippen LogP contribution is 2.30. The minimum atomic E-state index is -0.803. The number of nitrogen functional groups attached to an aromatic ring is 1. The maximum absolute atomic E-state index is 13.7. The molecule has 0 bridgehead atoms. The second kappa shape index (κ2) is 8.47. The zero-order valence-electron chi connectivity index (χ0n) is 16.3. The molecule has 1 fully saturated rings. The monoisotopic (exact) mass is 417 g/mol. The Morgan fingerprint density at radius 1 is 1.21 bits per heavy atom. The minimum Gasteiger partial charge on any atom is -0.386 e. The van der Waals surface area contributed by atoms with Gasteiger partial charge in [0.25, 0.3) is 0 Å². The molecule has 8 heteroatoms. The average molecular weight is 418 g/mol. The number of benzene rings is 1. The summed E-state index contributed by atoms with van der Waals surface area (Å²) < 4.78 is 15.6. The summed E-state index contributed by atoms with van der Waals surface area (Å²) in [6, 6.07) is 6.30. The molecule has 1 aromatic carbocycles.